The molecular weight excluding hydrogens is 234 g/mol. The summed E-state index contributed by atoms with van der Waals surface area (Å²) in [5.74, 6) is 0. The van der Waals surface area contributed by atoms with E-state index in [1.807, 2.05) is 32.9 Å². The Labute approximate surface area is 105 Å². The highest BCUT2D eigenvalue weighted by Crippen LogP contribution is 2.23. The van der Waals surface area contributed by atoms with E-state index in [4.69, 9.17) is 16.9 Å². The Balaban J connectivity index is 2.58. The summed E-state index contributed by atoms with van der Waals surface area (Å²) >= 11 is 6.11. The number of rotatable bonds is 1. The van der Waals surface area contributed by atoms with Gasteiger partial charge in [-0.05, 0) is 44.5 Å². The maximum Gasteiger partial charge on any atom is 0.0994 e. The number of aryl methyl sites for hydroxylation is 2. The van der Waals surface area contributed by atoms with Gasteiger partial charge in [-0.2, -0.15) is 10.4 Å². The van der Waals surface area contributed by atoms with Crippen LogP contribution in [0.5, 0.6) is 0 Å². The molecule has 0 radical (unpaired) electrons. The molecule has 0 aliphatic heterocycles. The van der Waals surface area contributed by atoms with Gasteiger partial charge in [-0.1, -0.05) is 11.6 Å². The first-order valence-corrected chi connectivity index (χ1v) is 5.65. The number of hydrogen-bond donors (Lipinski definition) is 0. The highest BCUT2D eigenvalue weighted by molar-refractivity contribution is 6.31. The van der Waals surface area contributed by atoms with Crippen molar-refractivity contribution in [1.82, 2.24) is 9.78 Å². The molecule has 0 unspecified atom stereocenters. The normalized spacial score (nSPS) is 10.3. The van der Waals surface area contributed by atoms with Crippen LogP contribution in [0.2, 0.25) is 5.02 Å². The Morgan fingerprint density at radius 3 is 2.47 bits per heavy atom. The summed E-state index contributed by atoms with van der Waals surface area (Å²) < 4.78 is 1.80. The molecule has 1 aromatic heterocycles. The number of halogens is 1. The maximum absolute atomic E-state index is 8.89. The molecule has 17 heavy (non-hydrogen) atoms. The lowest BCUT2D eigenvalue weighted by Crippen LogP contribution is -2.00. The maximum atomic E-state index is 8.89. The molecule has 3 nitrogen and oxygen atoms in total. The molecule has 1 aromatic carbocycles. The highest BCUT2D eigenvalue weighted by Gasteiger charge is 2.11. The summed E-state index contributed by atoms with van der Waals surface area (Å²) in [6, 6.07) is 7.77. The number of nitriles is 1. The average molecular weight is 246 g/mol. The molecule has 4 heteroatoms. The Morgan fingerprint density at radius 1 is 1.29 bits per heavy atom. The van der Waals surface area contributed by atoms with E-state index in [0.717, 1.165) is 22.6 Å². The Bertz CT molecular complexity index is 620. The van der Waals surface area contributed by atoms with Crippen LogP contribution in [0, 0.1) is 32.1 Å². The van der Waals surface area contributed by atoms with Gasteiger partial charge in [0, 0.05) is 0 Å². The molecule has 1 heterocycles. The van der Waals surface area contributed by atoms with Gasteiger partial charge in [0.2, 0.25) is 0 Å². The lowest BCUT2D eigenvalue weighted by atomic mass is 10.1. The molecule has 2 aromatic rings. The zero-order valence-electron chi connectivity index (χ0n) is 9.95. The Kier molecular flexibility index (Phi) is 2.91. The van der Waals surface area contributed by atoms with Crippen molar-refractivity contribution < 1.29 is 0 Å². The Hall–Kier alpha value is -1.79. The second-order valence-electron chi connectivity index (χ2n) is 4.01. The fourth-order valence-corrected chi connectivity index (χ4v) is 1.90. The average Bonchev–Trinajstić information content (AvgIpc) is 2.57. The molecule has 0 fully saturated rings. The topological polar surface area (TPSA) is 41.6 Å². The summed E-state index contributed by atoms with van der Waals surface area (Å²) in [6.07, 6.45) is 0. The number of hydrogen-bond acceptors (Lipinski definition) is 2. The third-order valence-corrected chi connectivity index (χ3v) is 3.33. The van der Waals surface area contributed by atoms with Crippen LogP contribution in [-0.2, 0) is 0 Å². The van der Waals surface area contributed by atoms with Gasteiger partial charge in [-0.15, -0.1) is 0 Å². The minimum absolute atomic E-state index is 0.682. The second-order valence-corrected chi connectivity index (χ2v) is 4.39. The lowest BCUT2D eigenvalue weighted by Gasteiger charge is -2.06. The van der Waals surface area contributed by atoms with Gasteiger partial charge in [0.15, 0.2) is 0 Å². The van der Waals surface area contributed by atoms with Crippen LogP contribution in [0.15, 0.2) is 18.2 Å². The van der Waals surface area contributed by atoms with E-state index in [0.29, 0.717) is 10.6 Å². The molecule has 0 saturated carbocycles. The molecule has 0 N–H and O–H groups in total. The van der Waals surface area contributed by atoms with Gasteiger partial charge >= 0.3 is 0 Å². The van der Waals surface area contributed by atoms with Gasteiger partial charge in [-0.3, -0.25) is 0 Å². The van der Waals surface area contributed by atoms with Crippen molar-refractivity contribution in [1.29, 1.82) is 5.26 Å². The van der Waals surface area contributed by atoms with Crippen molar-refractivity contribution in [3.63, 3.8) is 0 Å². The zero-order valence-corrected chi connectivity index (χ0v) is 10.7. The van der Waals surface area contributed by atoms with Gasteiger partial charge in [0.25, 0.3) is 0 Å². The van der Waals surface area contributed by atoms with Crippen molar-refractivity contribution in [3.8, 4) is 11.8 Å². The predicted molar refractivity (Wildman–Crippen MR) is 67.5 cm³/mol. The van der Waals surface area contributed by atoms with E-state index in [1.165, 1.54) is 0 Å². The third kappa shape index (κ3) is 1.92. The van der Waals surface area contributed by atoms with Crippen molar-refractivity contribution in [3.05, 3.63) is 45.7 Å². The fraction of sp³-hybridized carbons (Fsp3) is 0.231. The summed E-state index contributed by atoms with van der Waals surface area (Å²) in [7, 11) is 0. The van der Waals surface area contributed by atoms with Gasteiger partial charge in [0.05, 0.1) is 33.7 Å². The van der Waals surface area contributed by atoms with Gasteiger partial charge in [-0.25, -0.2) is 4.68 Å². The second kappa shape index (κ2) is 4.23. The molecule has 0 aliphatic carbocycles. The van der Waals surface area contributed by atoms with Crippen LogP contribution in [0.25, 0.3) is 5.69 Å². The zero-order chi connectivity index (χ0) is 12.6. The number of benzene rings is 1. The number of aromatic nitrogens is 2. The molecule has 2 rings (SSSR count). The van der Waals surface area contributed by atoms with E-state index in [-0.39, 0.29) is 0 Å². The summed E-state index contributed by atoms with van der Waals surface area (Å²) in [5, 5.41) is 14.0. The SMILES string of the molecule is Cc1cc(-n2nc(C)c(Cl)c2C)ccc1C#N. The molecule has 0 saturated heterocycles. The van der Waals surface area contributed by atoms with Crippen LogP contribution < -0.4 is 0 Å². The van der Waals surface area contributed by atoms with Crippen molar-refractivity contribution in [2.45, 2.75) is 20.8 Å². The molecule has 0 amide bonds. The molecule has 0 atom stereocenters. The lowest BCUT2D eigenvalue weighted by molar-refractivity contribution is 0.832. The van der Waals surface area contributed by atoms with Crippen LogP contribution in [-0.4, -0.2) is 9.78 Å². The van der Waals surface area contributed by atoms with E-state index in [1.54, 1.807) is 10.7 Å². The van der Waals surface area contributed by atoms with E-state index in [9.17, 15) is 0 Å². The van der Waals surface area contributed by atoms with Crippen LogP contribution in [0.4, 0.5) is 0 Å². The van der Waals surface area contributed by atoms with Gasteiger partial charge in [0.1, 0.15) is 0 Å². The molecule has 0 aliphatic rings. The predicted octanol–water partition coefficient (Wildman–Crippen LogP) is 3.32. The van der Waals surface area contributed by atoms with Crippen LogP contribution in [0.1, 0.15) is 22.5 Å². The van der Waals surface area contributed by atoms with E-state index in [2.05, 4.69) is 11.2 Å². The minimum Gasteiger partial charge on any atom is -0.236 e. The molecular formula is C13H12ClN3. The first-order valence-electron chi connectivity index (χ1n) is 5.27. The van der Waals surface area contributed by atoms with Crippen molar-refractivity contribution in [2.24, 2.45) is 0 Å². The summed E-state index contributed by atoms with van der Waals surface area (Å²) in [5.41, 5.74) is 4.27. The monoisotopic (exact) mass is 245 g/mol. The largest absolute Gasteiger partial charge is 0.236 e. The highest BCUT2D eigenvalue weighted by atomic mass is 35.5. The molecule has 86 valence electrons. The third-order valence-electron chi connectivity index (χ3n) is 2.78. The fourth-order valence-electron chi connectivity index (χ4n) is 1.78. The van der Waals surface area contributed by atoms with Gasteiger partial charge < -0.3 is 0 Å². The smallest absolute Gasteiger partial charge is 0.0994 e. The van der Waals surface area contributed by atoms with Crippen molar-refractivity contribution in [2.75, 3.05) is 0 Å². The van der Waals surface area contributed by atoms with Crippen LogP contribution >= 0.6 is 11.6 Å². The van der Waals surface area contributed by atoms with E-state index >= 15 is 0 Å². The first kappa shape index (κ1) is 11.7. The number of nitrogens with zero attached hydrogens (tertiary/aromatic N) is 3. The Morgan fingerprint density at radius 2 is 2.00 bits per heavy atom. The van der Waals surface area contributed by atoms with Crippen molar-refractivity contribution >= 4 is 11.6 Å². The quantitative estimate of drug-likeness (QED) is 0.773. The first-order chi connectivity index (χ1) is 8.04. The van der Waals surface area contributed by atoms with E-state index < -0.39 is 0 Å². The van der Waals surface area contributed by atoms with Crippen LogP contribution in [0.3, 0.4) is 0 Å². The molecule has 0 spiro atoms. The summed E-state index contributed by atoms with van der Waals surface area (Å²) in [6.45, 7) is 5.72. The summed E-state index contributed by atoms with van der Waals surface area (Å²) in [4.78, 5) is 0. The minimum atomic E-state index is 0.682. The molecule has 0 bridgehead atoms. The standard InChI is InChI=1S/C13H12ClN3/c1-8-6-12(5-4-11(8)7-15)17-10(3)13(14)9(2)16-17/h4-6H,1-3H3.